The van der Waals surface area contributed by atoms with Crippen molar-refractivity contribution < 1.29 is 4.74 Å². The molecule has 2 heteroatoms. The molecule has 2 aromatic rings. The van der Waals surface area contributed by atoms with Crippen molar-refractivity contribution in [3.63, 3.8) is 0 Å². The first-order chi connectivity index (χ1) is 8.88. The molecule has 0 spiro atoms. The van der Waals surface area contributed by atoms with Gasteiger partial charge in [-0.05, 0) is 30.2 Å². The van der Waals surface area contributed by atoms with Crippen molar-refractivity contribution in [2.75, 3.05) is 19.0 Å². The number of nitrogens with one attached hydrogen (secondary N) is 1. The molecule has 0 aliphatic heterocycles. The molecular formula is C16H19NO. The van der Waals surface area contributed by atoms with E-state index in [4.69, 9.17) is 4.74 Å². The Bertz CT molecular complexity index is 528. The second kappa shape index (κ2) is 4.99. The van der Waals surface area contributed by atoms with E-state index in [-0.39, 0.29) is 0 Å². The van der Waals surface area contributed by atoms with Gasteiger partial charge in [-0.1, -0.05) is 36.4 Å². The molecule has 18 heavy (non-hydrogen) atoms. The SMILES string of the molecule is COCC(Nc1cccc2ccccc12)C1CC1. The van der Waals surface area contributed by atoms with E-state index in [1.54, 1.807) is 7.11 Å². The Hall–Kier alpha value is -1.54. The van der Waals surface area contributed by atoms with Crippen LogP contribution in [0, 0.1) is 5.92 Å². The number of hydrogen-bond donors (Lipinski definition) is 1. The second-order valence-electron chi connectivity index (χ2n) is 5.07. The summed E-state index contributed by atoms with van der Waals surface area (Å²) in [7, 11) is 1.78. The molecule has 0 amide bonds. The first-order valence-corrected chi connectivity index (χ1v) is 6.62. The number of fused-ring (bicyclic) bond motifs is 1. The highest BCUT2D eigenvalue weighted by Gasteiger charge is 2.31. The summed E-state index contributed by atoms with van der Waals surface area (Å²) in [5.41, 5.74) is 1.22. The molecule has 0 aromatic heterocycles. The van der Waals surface area contributed by atoms with Crippen LogP contribution in [0.25, 0.3) is 10.8 Å². The first kappa shape index (κ1) is 11.5. The lowest BCUT2D eigenvalue weighted by Gasteiger charge is -2.20. The highest BCUT2D eigenvalue weighted by atomic mass is 16.5. The maximum atomic E-state index is 5.33. The molecule has 1 saturated carbocycles. The number of ether oxygens (including phenoxy) is 1. The number of hydrogen-bond acceptors (Lipinski definition) is 2. The average Bonchev–Trinajstić information content (AvgIpc) is 3.23. The Balaban J connectivity index is 1.88. The fraction of sp³-hybridized carbons (Fsp3) is 0.375. The van der Waals surface area contributed by atoms with Gasteiger partial charge >= 0.3 is 0 Å². The van der Waals surface area contributed by atoms with Gasteiger partial charge in [0.05, 0.1) is 12.6 Å². The summed E-state index contributed by atoms with van der Waals surface area (Å²) in [6.07, 6.45) is 2.65. The van der Waals surface area contributed by atoms with Gasteiger partial charge < -0.3 is 10.1 Å². The van der Waals surface area contributed by atoms with Crippen molar-refractivity contribution >= 4 is 16.5 Å². The molecule has 0 bridgehead atoms. The van der Waals surface area contributed by atoms with Crippen molar-refractivity contribution in [2.45, 2.75) is 18.9 Å². The molecule has 1 aliphatic rings. The van der Waals surface area contributed by atoms with E-state index >= 15 is 0 Å². The van der Waals surface area contributed by atoms with Gasteiger partial charge in [0.15, 0.2) is 0 Å². The minimum Gasteiger partial charge on any atom is -0.383 e. The molecule has 1 fully saturated rings. The summed E-state index contributed by atoms with van der Waals surface area (Å²) in [5, 5.41) is 6.24. The number of benzene rings is 2. The Morgan fingerprint density at radius 1 is 1.17 bits per heavy atom. The van der Waals surface area contributed by atoms with Crippen LogP contribution in [0.3, 0.4) is 0 Å². The Morgan fingerprint density at radius 3 is 2.72 bits per heavy atom. The van der Waals surface area contributed by atoms with E-state index in [1.807, 2.05) is 0 Å². The van der Waals surface area contributed by atoms with Crippen LogP contribution in [0.4, 0.5) is 5.69 Å². The average molecular weight is 241 g/mol. The second-order valence-corrected chi connectivity index (χ2v) is 5.07. The van der Waals surface area contributed by atoms with Gasteiger partial charge in [0, 0.05) is 18.2 Å². The van der Waals surface area contributed by atoms with Crippen molar-refractivity contribution in [1.29, 1.82) is 0 Å². The molecule has 1 N–H and O–H groups in total. The van der Waals surface area contributed by atoms with Crippen LogP contribution in [0.1, 0.15) is 12.8 Å². The molecule has 0 saturated heterocycles. The van der Waals surface area contributed by atoms with Gasteiger partial charge in [-0.2, -0.15) is 0 Å². The Labute approximate surface area is 108 Å². The van der Waals surface area contributed by atoms with E-state index in [1.165, 1.54) is 29.3 Å². The molecule has 1 unspecified atom stereocenters. The topological polar surface area (TPSA) is 21.3 Å². The van der Waals surface area contributed by atoms with Crippen LogP contribution >= 0.6 is 0 Å². The van der Waals surface area contributed by atoms with Crippen LogP contribution in [-0.2, 0) is 4.74 Å². The summed E-state index contributed by atoms with van der Waals surface area (Å²) < 4.78 is 5.33. The van der Waals surface area contributed by atoms with Gasteiger partial charge in [-0.15, -0.1) is 0 Å². The zero-order chi connectivity index (χ0) is 12.4. The van der Waals surface area contributed by atoms with Crippen molar-refractivity contribution in [3.8, 4) is 0 Å². The minimum absolute atomic E-state index is 0.445. The largest absolute Gasteiger partial charge is 0.383 e. The predicted molar refractivity (Wildman–Crippen MR) is 76.0 cm³/mol. The van der Waals surface area contributed by atoms with Crippen LogP contribution in [0.15, 0.2) is 42.5 Å². The van der Waals surface area contributed by atoms with E-state index in [9.17, 15) is 0 Å². The van der Waals surface area contributed by atoms with Gasteiger partial charge in [-0.25, -0.2) is 0 Å². The summed E-state index contributed by atoms with van der Waals surface area (Å²) in [4.78, 5) is 0. The lowest BCUT2D eigenvalue weighted by atomic mass is 10.1. The fourth-order valence-corrected chi connectivity index (χ4v) is 2.52. The van der Waals surface area contributed by atoms with Crippen LogP contribution in [-0.4, -0.2) is 19.8 Å². The van der Waals surface area contributed by atoms with Crippen LogP contribution in [0.5, 0.6) is 0 Å². The van der Waals surface area contributed by atoms with Crippen LogP contribution in [0.2, 0.25) is 0 Å². The highest BCUT2D eigenvalue weighted by molar-refractivity contribution is 5.93. The van der Waals surface area contributed by atoms with Crippen molar-refractivity contribution in [2.24, 2.45) is 5.92 Å². The Kier molecular flexibility index (Phi) is 3.20. The molecular weight excluding hydrogens is 222 g/mol. The lowest BCUT2D eigenvalue weighted by molar-refractivity contribution is 0.179. The normalized spacial score (nSPS) is 16.7. The standard InChI is InChI=1S/C16H19NO/c1-18-11-16(13-9-10-13)17-15-8-4-6-12-5-2-3-7-14(12)15/h2-8,13,16-17H,9-11H2,1H3. The molecule has 1 atom stereocenters. The molecule has 2 aromatic carbocycles. The zero-order valence-electron chi connectivity index (χ0n) is 10.7. The van der Waals surface area contributed by atoms with Gasteiger partial charge in [0.25, 0.3) is 0 Å². The highest BCUT2D eigenvalue weighted by Crippen LogP contribution is 2.35. The molecule has 2 nitrogen and oxygen atoms in total. The summed E-state index contributed by atoms with van der Waals surface area (Å²) in [5.74, 6) is 0.781. The third-order valence-electron chi connectivity index (χ3n) is 3.67. The molecule has 0 radical (unpaired) electrons. The van der Waals surface area contributed by atoms with E-state index in [2.05, 4.69) is 47.8 Å². The summed E-state index contributed by atoms with van der Waals surface area (Å²) >= 11 is 0. The predicted octanol–water partition coefficient (Wildman–Crippen LogP) is 3.68. The van der Waals surface area contributed by atoms with E-state index < -0.39 is 0 Å². The van der Waals surface area contributed by atoms with Crippen LogP contribution < -0.4 is 5.32 Å². The maximum absolute atomic E-state index is 5.33. The number of anilines is 1. The minimum atomic E-state index is 0.445. The quantitative estimate of drug-likeness (QED) is 0.862. The van der Waals surface area contributed by atoms with E-state index in [0.29, 0.717) is 6.04 Å². The Morgan fingerprint density at radius 2 is 1.94 bits per heavy atom. The fourth-order valence-electron chi connectivity index (χ4n) is 2.52. The molecule has 94 valence electrons. The monoisotopic (exact) mass is 241 g/mol. The lowest BCUT2D eigenvalue weighted by Crippen LogP contribution is -2.27. The van der Waals surface area contributed by atoms with Crippen molar-refractivity contribution in [3.05, 3.63) is 42.5 Å². The molecule has 3 rings (SSSR count). The number of methoxy groups -OCH3 is 1. The van der Waals surface area contributed by atoms with Crippen molar-refractivity contribution in [1.82, 2.24) is 0 Å². The smallest absolute Gasteiger partial charge is 0.0666 e. The first-order valence-electron chi connectivity index (χ1n) is 6.62. The summed E-state index contributed by atoms with van der Waals surface area (Å²) in [6.45, 7) is 0.786. The van der Waals surface area contributed by atoms with Gasteiger partial charge in [0.2, 0.25) is 0 Å². The number of rotatable bonds is 5. The third-order valence-corrected chi connectivity index (χ3v) is 3.67. The van der Waals surface area contributed by atoms with Gasteiger partial charge in [0.1, 0.15) is 0 Å². The third kappa shape index (κ3) is 2.34. The molecule has 0 heterocycles. The zero-order valence-corrected chi connectivity index (χ0v) is 10.7. The molecule has 1 aliphatic carbocycles. The summed E-state index contributed by atoms with van der Waals surface area (Å²) in [6, 6.07) is 15.4. The van der Waals surface area contributed by atoms with Gasteiger partial charge in [-0.3, -0.25) is 0 Å². The van der Waals surface area contributed by atoms with E-state index in [0.717, 1.165) is 12.5 Å². The maximum Gasteiger partial charge on any atom is 0.0666 e.